The van der Waals surface area contributed by atoms with Crippen LogP contribution in [0.3, 0.4) is 0 Å². The monoisotopic (exact) mass is 494 g/mol. The van der Waals surface area contributed by atoms with E-state index in [-0.39, 0.29) is 40.7 Å². The normalized spacial score (nSPS) is 24.8. The van der Waals surface area contributed by atoms with Gasteiger partial charge >= 0.3 is 0 Å². The van der Waals surface area contributed by atoms with Crippen molar-refractivity contribution in [3.8, 4) is 0 Å². The SMILES string of the molecule is O=C1[C@@H]2[C@@H](C(=O)N1c1ccc3nc(SC(c4ccccc4)c4ccccc4)sc3c1)[C@H]1C=C[C@H]2C1. The third-order valence-corrected chi connectivity index (χ3v) is 9.93. The summed E-state index contributed by atoms with van der Waals surface area (Å²) < 4.78 is 1.96. The first kappa shape index (κ1) is 21.1. The van der Waals surface area contributed by atoms with Crippen molar-refractivity contribution in [2.45, 2.75) is 16.0 Å². The van der Waals surface area contributed by atoms with E-state index in [0.29, 0.717) is 5.69 Å². The van der Waals surface area contributed by atoms with Crippen LogP contribution in [0.1, 0.15) is 22.8 Å². The van der Waals surface area contributed by atoms with Crippen molar-refractivity contribution < 1.29 is 9.59 Å². The van der Waals surface area contributed by atoms with Gasteiger partial charge in [0.2, 0.25) is 11.8 Å². The molecule has 0 N–H and O–H groups in total. The molecule has 2 bridgehead atoms. The molecule has 1 aromatic heterocycles. The number of hydrogen-bond acceptors (Lipinski definition) is 5. The number of allylic oxidation sites excluding steroid dienone is 2. The van der Waals surface area contributed by atoms with Crippen LogP contribution in [0.5, 0.6) is 0 Å². The summed E-state index contributed by atoms with van der Waals surface area (Å²) in [5, 5.41) is 0.126. The van der Waals surface area contributed by atoms with Gasteiger partial charge in [-0.3, -0.25) is 9.59 Å². The van der Waals surface area contributed by atoms with Crippen LogP contribution in [0.2, 0.25) is 0 Å². The minimum atomic E-state index is -0.182. The Morgan fingerprint density at radius 1 is 0.829 bits per heavy atom. The number of rotatable bonds is 5. The van der Waals surface area contributed by atoms with Gasteiger partial charge in [0, 0.05) is 0 Å². The van der Waals surface area contributed by atoms with Gasteiger partial charge in [0.1, 0.15) is 0 Å². The van der Waals surface area contributed by atoms with E-state index in [2.05, 4.69) is 60.7 Å². The van der Waals surface area contributed by atoms with Crippen LogP contribution >= 0.6 is 23.1 Å². The molecule has 0 spiro atoms. The van der Waals surface area contributed by atoms with E-state index in [1.807, 2.05) is 30.3 Å². The molecular formula is C29H22N2O2S2. The highest BCUT2D eigenvalue weighted by atomic mass is 32.2. The van der Waals surface area contributed by atoms with Gasteiger partial charge in [0.25, 0.3) is 0 Å². The van der Waals surface area contributed by atoms with E-state index < -0.39 is 0 Å². The summed E-state index contributed by atoms with van der Waals surface area (Å²) >= 11 is 3.35. The van der Waals surface area contributed by atoms with Gasteiger partial charge in [0.15, 0.2) is 4.34 Å². The average Bonchev–Trinajstić information content (AvgIpc) is 3.66. The minimum absolute atomic E-state index is 0.0384. The third-order valence-electron chi connectivity index (χ3n) is 7.50. The number of hydrogen-bond donors (Lipinski definition) is 0. The number of aromatic nitrogens is 1. The van der Waals surface area contributed by atoms with Crippen molar-refractivity contribution in [3.05, 3.63) is 102 Å². The Hall–Kier alpha value is -3.22. The van der Waals surface area contributed by atoms with Gasteiger partial charge in [-0.15, -0.1) is 11.3 Å². The second-order valence-corrected chi connectivity index (χ2v) is 11.8. The Bertz CT molecular complexity index is 1410. The van der Waals surface area contributed by atoms with E-state index in [4.69, 9.17) is 4.98 Å². The van der Waals surface area contributed by atoms with Crippen molar-refractivity contribution in [2.24, 2.45) is 23.7 Å². The van der Waals surface area contributed by atoms with Crippen molar-refractivity contribution >= 4 is 50.8 Å². The topological polar surface area (TPSA) is 50.3 Å². The summed E-state index contributed by atoms with van der Waals surface area (Å²) in [7, 11) is 0. The van der Waals surface area contributed by atoms with Crippen molar-refractivity contribution in [3.63, 3.8) is 0 Å². The molecule has 4 nitrogen and oxygen atoms in total. The zero-order chi connectivity index (χ0) is 23.5. The first-order valence-electron chi connectivity index (χ1n) is 11.9. The van der Waals surface area contributed by atoms with Crippen LogP contribution in [-0.4, -0.2) is 16.8 Å². The van der Waals surface area contributed by atoms with Crippen LogP contribution in [0.4, 0.5) is 5.69 Å². The molecule has 0 radical (unpaired) electrons. The summed E-state index contributed by atoms with van der Waals surface area (Å²) in [5.41, 5.74) is 4.02. The molecule has 1 aliphatic heterocycles. The lowest BCUT2D eigenvalue weighted by Gasteiger charge is -2.17. The lowest BCUT2D eigenvalue weighted by molar-refractivity contribution is -0.123. The zero-order valence-electron chi connectivity index (χ0n) is 18.8. The molecule has 7 rings (SSSR count). The number of benzene rings is 3. The maximum atomic E-state index is 13.2. The van der Waals surface area contributed by atoms with Gasteiger partial charge in [-0.25, -0.2) is 9.88 Å². The molecule has 35 heavy (non-hydrogen) atoms. The maximum Gasteiger partial charge on any atom is 0.238 e. The van der Waals surface area contributed by atoms with Crippen LogP contribution in [0.15, 0.2) is 95.4 Å². The fraction of sp³-hybridized carbons (Fsp3) is 0.207. The van der Waals surface area contributed by atoms with Crippen molar-refractivity contribution in [1.82, 2.24) is 4.98 Å². The number of carbonyl (C=O) groups excluding carboxylic acids is 2. The molecule has 1 saturated heterocycles. The second-order valence-electron chi connectivity index (χ2n) is 9.46. The Morgan fingerprint density at radius 2 is 1.43 bits per heavy atom. The second kappa shape index (κ2) is 8.18. The summed E-state index contributed by atoms with van der Waals surface area (Å²) in [6.07, 6.45) is 5.21. The van der Waals surface area contributed by atoms with Gasteiger partial charge in [0.05, 0.1) is 33.0 Å². The Kier molecular flexibility index (Phi) is 4.93. The lowest BCUT2D eigenvalue weighted by Crippen LogP contribution is -2.32. The lowest BCUT2D eigenvalue weighted by atomic mass is 9.85. The molecule has 2 fully saturated rings. The van der Waals surface area contributed by atoms with Gasteiger partial charge < -0.3 is 0 Å². The van der Waals surface area contributed by atoms with Gasteiger partial charge in [-0.05, 0) is 47.6 Å². The van der Waals surface area contributed by atoms with Crippen LogP contribution in [0.25, 0.3) is 10.2 Å². The number of anilines is 1. The summed E-state index contributed by atoms with van der Waals surface area (Å²) in [5.74, 6) is -0.00684. The zero-order valence-corrected chi connectivity index (χ0v) is 20.4. The standard InChI is InChI=1S/C29H22N2O2S2/c32-27-24-19-11-12-20(15-19)25(24)28(33)31(27)21-13-14-22-23(16-21)34-29(30-22)35-26(17-7-3-1-4-8-17)18-9-5-2-6-10-18/h1-14,16,19-20,24-26H,15H2/t19-,20-,24-,25-/m0/s1. The molecule has 3 aliphatic rings. The molecule has 3 aromatic carbocycles. The molecule has 4 atom stereocenters. The predicted octanol–water partition coefficient (Wildman–Crippen LogP) is 6.49. The smallest absolute Gasteiger partial charge is 0.238 e. The van der Waals surface area contributed by atoms with Crippen LogP contribution < -0.4 is 4.90 Å². The highest BCUT2D eigenvalue weighted by Gasteiger charge is 2.59. The number of imide groups is 1. The van der Waals surface area contributed by atoms with Gasteiger partial charge in [-0.2, -0.15) is 0 Å². The fourth-order valence-corrected chi connectivity index (χ4v) is 8.34. The molecule has 172 valence electrons. The summed E-state index contributed by atoms with van der Waals surface area (Å²) in [6.45, 7) is 0. The Balaban J connectivity index is 1.21. The highest BCUT2D eigenvalue weighted by Crippen LogP contribution is 2.53. The number of nitrogens with zero attached hydrogens (tertiary/aromatic N) is 2. The minimum Gasteiger partial charge on any atom is -0.274 e. The largest absolute Gasteiger partial charge is 0.274 e. The first-order valence-corrected chi connectivity index (χ1v) is 13.6. The number of thioether (sulfide) groups is 1. The number of fused-ring (bicyclic) bond motifs is 6. The molecule has 6 heteroatoms. The number of amides is 2. The first-order chi connectivity index (χ1) is 17.2. The van der Waals surface area contributed by atoms with Crippen LogP contribution in [0, 0.1) is 23.7 Å². The number of carbonyl (C=O) groups is 2. The van der Waals surface area contributed by atoms with E-state index in [1.54, 1.807) is 23.1 Å². The molecule has 1 saturated carbocycles. The van der Waals surface area contributed by atoms with Gasteiger partial charge in [-0.1, -0.05) is 84.6 Å². The van der Waals surface area contributed by atoms with E-state index in [9.17, 15) is 9.59 Å². The quantitative estimate of drug-likeness (QED) is 0.181. The molecule has 2 amide bonds. The van der Waals surface area contributed by atoms with Crippen molar-refractivity contribution in [1.29, 1.82) is 0 Å². The molecule has 0 unspecified atom stereocenters. The van der Waals surface area contributed by atoms with E-state index in [1.165, 1.54) is 16.0 Å². The predicted molar refractivity (Wildman–Crippen MR) is 140 cm³/mol. The number of thiazole rings is 1. The van der Waals surface area contributed by atoms with Crippen LogP contribution in [-0.2, 0) is 9.59 Å². The summed E-state index contributed by atoms with van der Waals surface area (Å²) in [6, 6.07) is 26.7. The Labute approximate surface area is 211 Å². The summed E-state index contributed by atoms with van der Waals surface area (Å²) in [4.78, 5) is 32.8. The average molecular weight is 495 g/mol. The fourth-order valence-electron chi connectivity index (χ4n) is 5.92. The maximum absolute atomic E-state index is 13.2. The molecular weight excluding hydrogens is 472 g/mol. The third kappa shape index (κ3) is 3.39. The molecule has 4 aromatic rings. The molecule has 2 aliphatic carbocycles. The van der Waals surface area contributed by atoms with E-state index >= 15 is 0 Å². The Morgan fingerprint density at radius 3 is 2.03 bits per heavy atom. The highest BCUT2D eigenvalue weighted by molar-refractivity contribution is 8.01. The van der Waals surface area contributed by atoms with Crippen molar-refractivity contribution in [2.75, 3.05) is 4.90 Å². The molecule has 2 heterocycles. The van der Waals surface area contributed by atoms with E-state index in [0.717, 1.165) is 21.0 Å².